The highest BCUT2D eigenvalue weighted by molar-refractivity contribution is 6.00. The molecule has 0 unspecified atom stereocenters. The van der Waals surface area contributed by atoms with E-state index in [-0.39, 0.29) is 24.4 Å². The number of fused-ring (bicyclic) bond motifs is 1. The molecule has 0 spiro atoms. The average molecular weight is 424 g/mol. The molecular formula is C24H29N3O4. The third kappa shape index (κ3) is 4.82. The molecule has 0 bridgehead atoms. The summed E-state index contributed by atoms with van der Waals surface area (Å²) in [6, 6.07) is 13.7. The lowest BCUT2D eigenvalue weighted by Crippen LogP contribution is -2.47. The van der Waals surface area contributed by atoms with Crippen LogP contribution in [0.25, 0.3) is 0 Å². The Balaban J connectivity index is 1.23. The monoisotopic (exact) mass is 423 g/mol. The summed E-state index contributed by atoms with van der Waals surface area (Å²) < 4.78 is 10.7. The van der Waals surface area contributed by atoms with E-state index in [0.29, 0.717) is 12.1 Å². The summed E-state index contributed by atoms with van der Waals surface area (Å²) in [6.07, 6.45) is 1.79. The fraction of sp³-hybridized carbons (Fsp3) is 0.417. The quantitative estimate of drug-likeness (QED) is 0.741. The third-order valence-corrected chi connectivity index (χ3v) is 6.04. The second kappa shape index (κ2) is 9.39. The van der Waals surface area contributed by atoms with Crippen LogP contribution in [-0.4, -0.2) is 61.5 Å². The minimum Gasteiger partial charge on any atom is -0.493 e. The molecule has 2 aromatic carbocycles. The lowest BCUT2D eigenvalue weighted by molar-refractivity contribution is -0.122. The van der Waals surface area contributed by atoms with Gasteiger partial charge in [0.2, 0.25) is 5.91 Å². The van der Waals surface area contributed by atoms with Gasteiger partial charge in [-0.05, 0) is 42.2 Å². The molecular weight excluding hydrogens is 394 g/mol. The van der Waals surface area contributed by atoms with E-state index in [4.69, 9.17) is 9.47 Å². The van der Waals surface area contributed by atoms with E-state index in [9.17, 15) is 9.59 Å². The van der Waals surface area contributed by atoms with Crippen molar-refractivity contribution in [1.29, 1.82) is 0 Å². The summed E-state index contributed by atoms with van der Waals surface area (Å²) in [7, 11) is 3.28. The Morgan fingerprint density at radius 2 is 1.81 bits per heavy atom. The van der Waals surface area contributed by atoms with Crippen LogP contribution in [0.2, 0.25) is 0 Å². The maximum absolute atomic E-state index is 12.5. The van der Waals surface area contributed by atoms with Crippen LogP contribution in [0.15, 0.2) is 42.5 Å². The molecule has 0 radical (unpaired) electrons. The SMILES string of the molecule is COc1ccc(CN2CCC(NC(=O)CN3Cc4ccccc4C3=O)CC2)cc1OC. The summed E-state index contributed by atoms with van der Waals surface area (Å²) >= 11 is 0. The van der Waals surface area contributed by atoms with Crippen LogP contribution < -0.4 is 14.8 Å². The summed E-state index contributed by atoms with van der Waals surface area (Å²) in [5.41, 5.74) is 2.87. The highest BCUT2D eigenvalue weighted by Crippen LogP contribution is 2.28. The highest BCUT2D eigenvalue weighted by Gasteiger charge is 2.29. The number of methoxy groups -OCH3 is 2. The van der Waals surface area contributed by atoms with Crippen LogP contribution in [0.4, 0.5) is 0 Å². The number of benzene rings is 2. The van der Waals surface area contributed by atoms with Crippen LogP contribution >= 0.6 is 0 Å². The summed E-state index contributed by atoms with van der Waals surface area (Å²) in [6.45, 7) is 3.27. The molecule has 2 aliphatic heterocycles. The molecule has 0 atom stereocenters. The largest absolute Gasteiger partial charge is 0.493 e. The molecule has 1 fully saturated rings. The standard InChI is InChI=1S/C24H29N3O4/c1-30-21-8-7-17(13-22(21)31-2)14-26-11-9-19(10-12-26)25-23(28)16-27-15-18-5-3-4-6-20(18)24(27)29/h3-8,13,19H,9-12,14-16H2,1-2H3,(H,25,28). The van der Waals surface area contributed by atoms with Gasteiger partial charge in [0.25, 0.3) is 5.91 Å². The van der Waals surface area contributed by atoms with Gasteiger partial charge in [0, 0.05) is 37.8 Å². The number of nitrogens with one attached hydrogen (secondary N) is 1. The molecule has 0 saturated carbocycles. The lowest BCUT2D eigenvalue weighted by Gasteiger charge is -2.32. The first-order valence-corrected chi connectivity index (χ1v) is 10.7. The molecule has 7 nitrogen and oxygen atoms in total. The van der Waals surface area contributed by atoms with Crippen LogP contribution in [0.3, 0.4) is 0 Å². The van der Waals surface area contributed by atoms with Crippen molar-refractivity contribution in [3.05, 3.63) is 59.2 Å². The van der Waals surface area contributed by atoms with E-state index < -0.39 is 0 Å². The fourth-order valence-corrected chi connectivity index (χ4v) is 4.36. The molecule has 7 heteroatoms. The smallest absolute Gasteiger partial charge is 0.254 e. The van der Waals surface area contributed by atoms with Crippen molar-refractivity contribution in [3.8, 4) is 11.5 Å². The van der Waals surface area contributed by atoms with Crippen molar-refractivity contribution in [3.63, 3.8) is 0 Å². The Hall–Kier alpha value is -3.06. The van der Waals surface area contributed by atoms with Gasteiger partial charge in [0.1, 0.15) is 6.54 Å². The second-order valence-electron chi connectivity index (χ2n) is 8.13. The number of piperidine rings is 1. The van der Waals surface area contributed by atoms with E-state index >= 15 is 0 Å². The number of nitrogens with zero attached hydrogens (tertiary/aromatic N) is 2. The molecule has 164 valence electrons. The molecule has 0 aromatic heterocycles. The first-order valence-electron chi connectivity index (χ1n) is 10.7. The molecule has 2 heterocycles. The zero-order valence-electron chi connectivity index (χ0n) is 18.1. The van der Waals surface area contributed by atoms with Crippen molar-refractivity contribution >= 4 is 11.8 Å². The van der Waals surface area contributed by atoms with Gasteiger partial charge in [-0.15, -0.1) is 0 Å². The number of ether oxygens (including phenoxy) is 2. The molecule has 31 heavy (non-hydrogen) atoms. The van der Waals surface area contributed by atoms with Gasteiger partial charge in [-0.2, -0.15) is 0 Å². The molecule has 0 aliphatic carbocycles. The van der Waals surface area contributed by atoms with E-state index in [2.05, 4.69) is 16.3 Å². The number of likely N-dealkylation sites (tertiary alicyclic amines) is 1. The third-order valence-electron chi connectivity index (χ3n) is 6.04. The van der Waals surface area contributed by atoms with Gasteiger partial charge in [-0.25, -0.2) is 0 Å². The van der Waals surface area contributed by atoms with Gasteiger partial charge < -0.3 is 19.7 Å². The molecule has 2 aliphatic rings. The molecule has 2 amide bonds. The first kappa shape index (κ1) is 21.2. The topological polar surface area (TPSA) is 71.1 Å². The number of carbonyl (C=O) groups excluding carboxylic acids is 2. The van der Waals surface area contributed by atoms with Crippen molar-refractivity contribution in [2.24, 2.45) is 0 Å². The second-order valence-corrected chi connectivity index (χ2v) is 8.13. The van der Waals surface area contributed by atoms with Gasteiger partial charge in [-0.1, -0.05) is 24.3 Å². The number of carbonyl (C=O) groups is 2. The molecule has 4 rings (SSSR count). The fourth-order valence-electron chi connectivity index (χ4n) is 4.36. The first-order chi connectivity index (χ1) is 15.1. The number of amides is 2. The molecule has 1 saturated heterocycles. The Labute approximate surface area is 182 Å². The maximum atomic E-state index is 12.5. The maximum Gasteiger partial charge on any atom is 0.254 e. The normalized spacial score (nSPS) is 16.8. The number of hydrogen-bond acceptors (Lipinski definition) is 5. The summed E-state index contributed by atoms with van der Waals surface area (Å²) in [5, 5.41) is 3.11. The zero-order chi connectivity index (χ0) is 21.8. The van der Waals surface area contributed by atoms with Crippen LogP contribution in [-0.2, 0) is 17.9 Å². The van der Waals surface area contributed by atoms with E-state index in [1.165, 1.54) is 5.56 Å². The molecule has 2 aromatic rings. The molecule has 1 N–H and O–H groups in total. The van der Waals surface area contributed by atoms with Gasteiger partial charge >= 0.3 is 0 Å². The van der Waals surface area contributed by atoms with E-state index in [1.807, 2.05) is 36.4 Å². The van der Waals surface area contributed by atoms with Crippen molar-refractivity contribution in [2.45, 2.75) is 32.0 Å². The van der Waals surface area contributed by atoms with Crippen molar-refractivity contribution in [1.82, 2.24) is 15.1 Å². The lowest BCUT2D eigenvalue weighted by atomic mass is 10.0. The highest BCUT2D eigenvalue weighted by atomic mass is 16.5. The Morgan fingerprint density at radius 1 is 1.06 bits per heavy atom. The van der Waals surface area contributed by atoms with Crippen LogP contribution in [0.5, 0.6) is 11.5 Å². The van der Waals surface area contributed by atoms with Gasteiger partial charge in [-0.3, -0.25) is 14.5 Å². The van der Waals surface area contributed by atoms with Crippen molar-refractivity contribution < 1.29 is 19.1 Å². The van der Waals surface area contributed by atoms with Gasteiger partial charge in [0.15, 0.2) is 11.5 Å². The number of hydrogen-bond donors (Lipinski definition) is 1. The van der Waals surface area contributed by atoms with E-state index in [1.54, 1.807) is 19.1 Å². The van der Waals surface area contributed by atoms with Crippen LogP contribution in [0, 0.1) is 0 Å². The predicted molar refractivity (Wildman–Crippen MR) is 117 cm³/mol. The summed E-state index contributed by atoms with van der Waals surface area (Å²) in [5.74, 6) is 1.32. The van der Waals surface area contributed by atoms with Crippen molar-refractivity contribution in [2.75, 3.05) is 33.9 Å². The Bertz CT molecular complexity index is 954. The van der Waals surface area contributed by atoms with Gasteiger partial charge in [0.05, 0.1) is 14.2 Å². The predicted octanol–water partition coefficient (Wildman–Crippen LogP) is 2.44. The Morgan fingerprint density at radius 3 is 2.52 bits per heavy atom. The number of rotatable bonds is 7. The minimum atomic E-state index is -0.0838. The minimum absolute atomic E-state index is 0.0597. The summed E-state index contributed by atoms with van der Waals surface area (Å²) in [4.78, 5) is 29.0. The zero-order valence-corrected chi connectivity index (χ0v) is 18.1. The average Bonchev–Trinajstić information content (AvgIpc) is 3.10. The Kier molecular flexibility index (Phi) is 6.42. The van der Waals surface area contributed by atoms with Crippen LogP contribution in [0.1, 0.15) is 34.3 Å². The van der Waals surface area contributed by atoms with E-state index in [0.717, 1.165) is 49.5 Å².